The van der Waals surface area contributed by atoms with Crippen LogP contribution in [0, 0.1) is 0 Å². The molecule has 1 aromatic heterocycles. The summed E-state index contributed by atoms with van der Waals surface area (Å²) in [5, 5.41) is 10.3. The molecule has 0 unspecified atom stereocenters. The minimum atomic E-state index is -0.526. The Morgan fingerprint density at radius 3 is 2.21 bits per heavy atom. The Balaban J connectivity index is 1.46. The summed E-state index contributed by atoms with van der Waals surface area (Å²) >= 11 is 1.70. The van der Waals surface area contributed by atoms with E-state index in [9.17, 15) is 4.79 Å². The number of quaternary nitrogens is 1. The van der Waals surface area contributed by atoms with E-state index >= 15 is 0 Å². The fraction of sp³-hybridized carbons (Fsp3) is 0.129. The van der Waals surface area contributed by atoms with Crippen molar-refractivity contribution in [3.05, 3.63) is 99.9 Å². The van der Waals surface area contributed by atoms with E-state index in [2.05, 4.69) is 17.0 Å². The number of benzene rings is 3. The van der Waals surface area contributed by atoms with Crippen molar-refractivity contribution in [2.75, 3.05) is 33.2 Å². The lowest BCUT2D eigenvalue weighted by molar-refractivity contribution is -0.825. The van der Waals surface area contributed by atoms with Crippen molar-refractivity contribution >= 4 is 52.3 Å². The molecule has 0 amide bonds. The lowest BCUT2D eigenvalue weighted by atomic mass is 10.1. The van der Waals surface area contributed by atoms with Crippen molar-refractivity contribution in [2.45, 2.75) is 0 Å². The maximum Gasteiger partial charge on any atom is 0.347 e. The Kier molecular flexibility index (Phi) is 9.17. The van der Waals surface area contributed by atoms with E-state index in [4.69, 9.17) is 19.4 Å². The number of carbonyl (C=O) groups is 1. The molecule has 7 nitrogen and oxygen atoms in total. The SMILES string of the molecule is COc1cc(OC(=O)c2ccc(/C=C/c3ccc(N(C)C)s3)cc2OC)ccc1/C=C/c1ccc([NH2+]O)cc1. The second kappa shape index (κ2) is 12.9. The van der Waals surface area contributed by atoms with Gasteiger partial charge in [0, 0.05) is 42.7 Å². The highest BCUT2D eigenvalue weighted by Gasteiger charge is 2.16. The molecule has 0 aliphatic heterocycles. The Bertz CT molecular complexity index is 1490. The number of esters is 1. The maximum absolute atomic E-state index is 13.0. The molecule has 4 rings (SSSR count). The molecule has 200 valence electrons. The zero-order chi connectivity index (χ0) is 27.8. The number of hydrogen-bond donors (Lipinski definition) is 2. The first-order chi connectivity index (χ1) is 18.9. The van der Waals surface area contributed by atoms with Gasteiger partial charge in [-0.2, -0.15) is 5.48 Å². The Morgan fingerprint density at radius 1 is 0.821 bits per heavy atom. The van der Waals surface area contributed by atoms with Gasteiger partial charge in [-0.3, -0.25) is 0 Å². The third-order valence-corrected chi connectivity index (χ3v) is 7.11. The first-order valence-electron chi connectivity index (χ1n) is 12.2. The third-order valence-electron chi connectivity index (χ3n) is 5.90. The van der Waals surface area contributed by atoms with E-state index in [1.54, 1.807) is 36.6 Å². The second-order valence-corrected chi connectivity index (χ2v) is 9.88. The van der Waals surface area contributed by atoms with Crippen LogP contribution in [-0.2, 0) is 0 Å². The summed E-state index contributed by atoms with van der Waals surface area (Å²) in [5.41, 5.74) is 4.82. The molecular weight excluding hydrogens is 512 g/mol. The van der Waals surface area contributed by atoms with Gasteiger partial charge < -0.3 is 19.1 Å². The van der Waals surface area contributed by atoms with E-state index < -0.39 is 5.97 Å². The van der Waals surface area contributed by atoms with Gasteiger partial charge in [-0.05, 0) is 65.7 Å². The minimum absolute atomic E-state index is 0.326. The smallest absolute Gasteiger partial charge is 0.347 e. The van der Waals surface area contributed by atoms with Crippen molar-refractivity contribution in [3.63, 3.8) is 0 Å². The number of carbonyl (C=O) groups excluding carboxylic acids is 1. The first kappa shape index (κ1) is 27.7. The highest BCUT2D eigenvalue weighted by molar-refractivity contribution is 7.16. The van der Waals surface area contributed by atoms with Crippen LogP contribution in [0.3, 0.4) is 0 Å². The average molecular weight is 544 g/mol. The molecule has 3 aromatic carbocycles. The summed E-state index contributed by atoms with van der Waals surface area (Å²) in [6.07, 6.45) is 7.87. The van der Waals surface area contributed by atoms with E-state index in [-0.39, 0.29) is 0 Å². The standard InChI is InChI=1S/C31H30N2O5S/c1-33(2)30-18-16-26(39-30)15-8-22-9-17-27(29(19-22)37-4)31(34)38-25-14-11-23(28(20-25)36-3)10-5-21-6-12-24(32-35)13-7-21/h5-20,32,35H,1-4H3/p+1/b10-5+,15-8+. The van der Waals surface area contributed by atoms with Gasteiger partial charge in [-0.15, -0.1) is 11.3 Å². The molecule has 0 aliphatic rings. The summed E-state index contributed by atoms with van der Waals surface area (Å²) in [6.45, 7) is 0. The molecule has 0 aliphatic carbocycles. The zero-order valence-electron chi connectivity index (χ0n) is 22.3. The summed E-state index contributed by atoms with van der Waals surface area (Å²) < 4.78 is 16.7. The molecule has 0 saturated heterocycles. The van der Waals surface area contributed by atoms with Crippen LogP contribution in [0.4, 0.5) is 10.7 Å². The zero-order valence-corrected chi connectivity index (χ0v) is 23.1. The molecule has 0 radical (unpaired) electrons. The lowest BCUT2D eigenvalue weighted by Crippen LogP contribution is -2.73. The quantitative estimate of drug-likeness (QED) is 0.0842. The number of thiophene rings is 1. The molecular formula is C31H31N2O5S+. The maximum atomic E-state index is 13.0. The lowest BCUT2D eigenvalue weighted by Gasteiger charge is -2.11. The van der Waals surface area contributed by atoms with Gasteiger partial charge in [0.1, 0.15) is 22.8 Å². The molecule has 4 aromatic rings. The predicted molar refractivity (Wildman–Crippen MR) is 157 cm³/mol. The fourth-order valence-electron chi connectivity index (χ4n) is 3.76. The van der Waals surface area contributed by atoms with E-state index in [0.717, 1.165) is 32.7 Å². The van der Waals surface area contributed by atoms with Crippen LogP contribution in [-0.4, -0.2) is 39.5 Å². The monoisotopic (exact) mass is 543 g/mol. The number of nitrogens with two attached hydrogens (primary N) is 1. The second-order valence-electron chi connectivity index (χ2n) is 8.79. The van der Waals surface area contributed by atoms with Gasteiger partial charge in [0.25, 0.3) is 0 Å². The van der Waals surface area contributed by atoms with Crippen LogP contribution < -0.4 is 24.6 Å². The van der Waals surface area contributed by atoms with Crippen LogP contribution in [0.1, 0.15) is 31.9 Å². The Hall–Kier alpha value is -4.37. The third kappa shape index (κ3) is 7.14. The number of hydrogen-bond acceptors (Lipinski definition) is 7. The van der Waals surface area contributed by atoms with E-state index in [1.807, 2.05) is 80.9 Å². The molecule has 0 fully saturated rings. The number of methoxy groups -OCH3 is 2. The number of rotatable bonds is 10. The van der Waals surface area contributed by atoms with Gasteiger partial charge in [-0.25, -0.2) is 10.0 Å². The highest BCUT2D eigenvalue weighted by Crippen LogP contribution is 2.30. The van der Waals surface area contributed by atoms with Crippen LogP contribution in [0.25, 0.3) is 24.3 Å². The van der Waals surface area contributed by atoms with Crippen molar-refractivity contribution in [3.8, 4) is 17.2 Å². The molecule has 0 spiro atoms. The Morgan fingerprint density at radius 2 is 1.54 bits per heavy atom. The van der Waals surface area contributed by atoms with Gasteiger partial charge in [0.15, 0.2) is 5.69 Å². The van der Waals surface area contributed by atoms with Gasteiger partial charge in [0.05, 0.1) is 19.2 Å². The summed E-state index contributed by atoms with van der Waals surface area (Å²) in [7, 11) is 7.13. The normalized spacial score (nSPS) is 11.2. The molecule has 3 N–H and O–H groups in total. The largest absolute Gasteiger partial charge is 0.496 e. The average Bonchev–Trinajstić information content (AvgIpc) is 3.45. The molecule has 0 bridgehead atoms. The van der Waals surface area contributed by atoms with Crippen LogP contribution in [0.15, 0.2) is 72.8 Å². The fourth-order valence-corrected chi connectivity index (χ4v) is 4.60. The number of anilines is 1. The summed E-state index contributed by atoms with van der Waals surface area (Å²) in [4.78, 5) is 16.2. The Labute approximate surface area is 232 Å². The van der Waals surface area contributed by atoms with Crippen molar-refractivity contribution in [1.82, 2.24) is 0 Å². The molecule has 8 heteroatoms. The van der Waals surface area contributed by atoms with Gasteiger partial charge >= 0.3 is 5.97 Å². The predicted octanol–water partition coefficient (Wildman–Crippen LogP) is 5.98. The van der Waals surface area contributed by atoms with E-state index in [0.29, 0.717) is 22.8 Å². The number of nitrogens with zero attached hydrogens (tertiary/aromatic N) is 1. The van der Waals surface area contributed by atoms with Crippen molar-refractivity contribution < 1.29 is 29.7 Å². The van der Waals surface area contributed by atoms with E-state index in [1.165, 1.54) is 12.1 Å². The molecule has 0 saturated carbocycles. The molecule has 0 atom stereocenters. The van der Waals surface area contributed by atoms with Gasteiger partial charge in [-0.1, -0.05) is 24.3 Å². The summed E-state index contributed by atoms with van der Waals surface area (Å²) in [5.74, 6) is 0.827. The number of ether oxygens (including phenoxy) is 3. The van der Waals surface area contributed by atoms with Gasteiger partial charge in [0.2, 0.25) is 0 Å². The van der Waals surface area contributed by atoms with Crippen LogP contribution >= 0.6 is 11.3 Å². The molecule has 39 heavy (non-hydrogen) atoms. The van der Waals surface area contributed by atoms with Crippen LogP contribution in [0.5, 0.6) is 17.2 Å². The molecule has 1 heterocycles. The highest BCUT2D eigenvalue weighted by atomic mass is 32.1. The van der Waals surface area contributed by atoms with Crippen molar-refractivity contribution in [1.29, 1.82) is 0 Å². The van der Waals surface area contributed by atoms with Crippen molar-refractivity contribution in [2.24, 2.45) is 0 Å². The first-order valence-corrected chi connectivity index (χ1v) is 13.0. The minimum Gasteiger partial charge on any atom is -0.496 e. The van der Waals surface area contributed by atoms with Crippen LogP contribution in [0.2, 0.25) is 0 Å². The topological polar surface area (TPSA) is 84.8 Å². The summed E-state index contributed by atoms with van der Waals surface area (Å²) in [6, 6.07) is 22.2.